The van der Waals surface area contributed by atoms with E-state index in [2.05, 4.69) is 21.2 Å². The van der Waals surface area contributed by atoms with E-state index in [-0.39, 0.29) is 17.9 Å². The molecule has 0 spiro atoms. The van der Waals surface area contributed by atoms with Gasteiger partial charge in [-0.1, -0.05) is 34.1 Å². The maximum atomic E-state index is 11.9. The molecule has 1 saturated carbocycles. The van der Waals surface area contributed by atoms with Gasteiger partial charge in [0, 0.05) is 10.5 Å². The second-order valence-electron chi connectivity index (χ2n) is 4.88. The summed E-state index contributed by atoms with van der Waals surface area (Å²) in [6.45, 7) is 0. The summed E-state index contributed by atoms with van der Waals surface area (Å²) in [6, 6.07) is 7.59. The number of halogens is 1. The molecule has 2 rings (SSSR count). The van der Waals surface area contributed by atoms with Crippen LogP contribution in [0.1, 0.15) is 24.8 Å². The van der Waals surface area contributed by atoms with Crippen LogP contribution in [-0.2, 0) is 16.0 Å². The van der Waals surface area contributed by atoms with Gasteiger partial charge in [0.1, 0.15) is 0 Å². The number of carbonyl (C=O) groups is 2. The van der Waals surface area contributed by atoms with Gasteiger partial charge in [0.25, 0.3) is 0 Å². The summed E-state index contributed by atoms with van der Waals surface area (Å²) in [5, 5.41) is 11.8. The van der Waals surface area contributed by atoms with Gasteiger partial charge in [-0.25, -0.2) is 0 Å². The first-order valence-corrected chi connectivity index (χ1v) is 7.11. The Morgan fingerprint density at radius 3 is 2.68 bits per heavy atom. The van der Waals surface area contributed by atoms with E-state index in [1.165, 1.54) is 0 Å². The van der Waals surface area contributed by atoms with Crippen molar-refractivity contribution in [3.8, 4) is 0 Å². The number of hydrogen-bond acceptors (Lipinski definition) is 2. The molecular formula is C14H16BrNO3. The number of aliphatic carboxylic acids is 1. The largest absolute Gasteiger partial charge is 0.481 e. The molecule has 1 amide bonds. The van der Waals surface area contributed by atoms with Gasteiger partial charge in [-0.05, 0) is 30.9 Å². The van der Waals surface area contributed by atoms with Crippen LogP contribution in [0.2, 0.25) is 0 Å². The fourth-order valence-electron chi connectivity index (χ4n) is 2.43. The molecule has 4 nitrogen and oxygen atoms in total. The summed E-state index contributed by atoms with van der Waals surface area (Å²) in [4.78, 5) is 22.8. The maximum absolute atomic E-state index is 11.9. The lowest BCUT2D eigenvalue weighted by Crippen LogP contribution is -2.34. The predicted molar refractivity (Wildman–Crippen MR) is 74.8 cm³/mol. The monoisotopic (exact) mass is 325 g/mol. The second-order valence-corrected chi connectivity index (χ2v) is 5.74. The third-order valence-electron chi connectivity index (χ3n) is 3.46. The number of nitrogens with one attached hydrogen (secondary N) is 1. The van der Waals surface area contributed by atoms with E-state index in [0.29, 0.717) is 19.3 Å². The number of amides is 1. The zero-order valence-electron chi connectivity index (χ0n) is 10.4. The molecule has 1 aromatic rings. The first-order valence-electron chi connectivity index (χ1n) is 6.32. The van der Waals surface area contributed by atoms with E-state index in [9.17, 15) is 9.59 Å². The highest BCUT2D eigenvalue weighted by atomic mass is 79.9. The molecule has 1 fully saturated rings. The van der Waals surface area contributed by atoms with Crippen molar-refractivity contribution in [2.45, 2.75) is 31.7 Å². The minimum atomic E-state index is -0.762. The number of benzene rings is 1. The van der Waals surface area contributed by atoms with E-state index in [4.69, 9.17) is 5.11 Å². The molecule has 5 heteroatoms. The molecule has 1 aliphatic rings. The molecule has 1 aromatic carbocycles. The average Bonchev–Trinajstić information content (AvgIpc) is 2.80. The number of carboxylic acid groups (broad SMARTS) is 1. The molecule has 1 aliphatic carbocycles. The van der Waals surface area contributed by atoms with Crippen LogP contribution < -0.4 is 5.32 Å². The highest BCUT2D eigenvalue weighted by Gasteiger charge is 2.30. The fourth-order valence-corrected chi connectivity index (χ4v) is 2.86. The van der Waals surface area contributed by atoms with Crippen molar-refractivity contribution in [1.29, 1.82) is 0 Å². The topological polar surface area (TPSA) is 66.4 Å². The molecule has 19 heavy (non-hydrogen) atoms. The number of carboxylic acids is 1. The zero-order valence-corrected chi connectivity index (χ0v) is 12.0. The molecular weight excluding hydrogens is 310 g/mol. The smallest absolute Gasteiger partial charge is 0.306 e. The van der Waals surface area contributed by atoms with E-state index in [1.54, 1.807) is 0 Å². The minimum absolute atomic E-state index is 0.00362. The third kappa shape index (κ3) is 3.80. The Kier molecular flexibility index (Phi) is 4.58. The minimum Gasteiger partial charge on any atom is -0.481 e. The Hall–Kier alpha value is -1.36. The van der Waals surface area contributed by atoms with Crippen molar-refractivity contribution in [2.75, 3.05) is 0 Å². The van der Waals surface area contributed by atoms with Gasteiger partial charge in [0.05, 0.1) is 12.3 Å². The molecule has 0 bridgehead atoms. The lowest BCUT2D eigenvalue weighted by molar-refractivity contribution is -0.141. The van der Waals surface area contributed by atoms with Crippen LogP contribution >= 0.6 is 15.9 Å². The summed E-state index contributed by atoms with van der Waals surface area (Å²) in [5.41, 5.74) is 0.938. The first-order chi connectivity index (χ1) is 9.06. The average molecular weight is 326 g/mol. The lowest BCUT2D eigenvalue weighted by atomic mass is 10.1. The Bertz CT molecular complexity index is 489. The molecule has 0 saturated heterocycles. The van der Waals surface area contributed by atoms with Crippen LogP contribution in [0.3, 0.4) is 0 Å². The highest BCUT2D eigenvalue weighted by Crippen LogP contribution is 2.25. The fraction of sp³-hybridized carbons (Fsp3) is 0.429. The van der Waals surface area contributed by atoms with E-state index in [0.717, 1.165) is 16.5 Å². The van der Waals surface area contributed by atoms with Crippen LogP contribution in [-0.4, -0.2) is 23.0 Å². The molecule has 0 heterocycles. The Morgan fingerprint density at radius 2 is 2.05 bits per heavy atom. The Balaban J connectivity index is 1.86. The van der Waals surface area contributed by atoms with Gasteiger partial charge >= 0.3 is 5.97 Å². The number of hydrogen-bond donors (Lipinski definition) is 2. The highest BCUT2D eigenvalue weighted by molar-refractivity contribution is 9.10. The van der Waals surface area contributed by atoms with Gasteiger partial charge in [0.2, 0.25) is 5.91 Å². The van der Waals surface area contributed by atoms with Crippen molar-refractivity contribution in [3.05, 3.63) is 34.3 Å². The van der Waals surface area contributed by atoms with Gasteiger partial charge < -0.3 is 10.4 Å². The van der Waals surface area contributed by atoms with Crippen molar-refractivity contribution >= 4 is 27.8 Å². The van der Waals surface area contributed by atoms with Crippen molar-refractivity contribution in [3.63, 3.8) is 0 Å². The van der Waals surface area contributed by atoms with Crippen molar-refractivity contribution in [1.82, 2.24) is 5.32 Å². The third-order valence-corrected chi connectivity index (χ3v) is 4.23. The molecule has 102 valence electrons. The predicted octanol–water partition coefficient (Wildman–Crippen LogP) is 2.36. The second kappa shape index (κ2) is 6.19. The van der Waals surface area contributed by atoms with Crippen LogP contribution in [0, 0.1) is 5.92 Å². The van der Waals surface area contributed by atoms with Crippen molar-refractivity contribution < 1.29 is 14.7 Å². The molecule has 0 aromatic heterocycles. The van der Waals surface area contributed by atoms with Gasteiger partial charge in [-0.2, -0.15) is 0 Å². The van der Waals surface area contributed by atoms with Gasteiger partial charge in [0.15, 0.2) is 0 Å². The summed E-state index contributed by atoms with van der Waals surface area (Å²) in [7, 11) is 0. The number of rotatable bonds is 4. The standard InChI is InChI=1S/C14H16BrNO3/c15-12-4-2-1-3-9(12)8-13(17)16-11-6-5-10(7-11)14(18)19/h1-4,10-11H,5-8H2,(H,16,17)(H,18,19)/t10-,11-/m0/s1. The Labute approximate surface area is 120 Å². The first kappa shape index (κ1) is 14.1. The quantitative estimate of drug-likeness (QED) is 0.893. The molecule has 2 N–H and O–H groups in total. The SMILES string of the molecule is O=C(Cc1ccccc1Br)N[C@H]1CC[C@H](C(=O)O)C1. The summed E-state index contributed by atoms with van der Waals surface area (Å²) >= 11 is 3.41. The zero-order chi connectivity index (χ0) is 13.8. The molecule has 0 unspecified atom stereocenters. The van der Waals surface area contributed by atoms with E-state index in [1.807, 2.05) is 24.3 Å². The lowest BCUT2D eigenvalue weighted by Gasteiger charge is -2.13. The molecule has 2 atom stereocenters. The van der Waals surface area contributed by atoms with E-state index < -0.39 is 5.97 Å². The number of carbonyl (C=O) groups excluding carboxylic acids is 1. The van der Waals surface area contributed by atoms with Crippen LogP contribution in [0.15, 0.2) is 28.7 Å². The Morgan fingerprint density at radius 1 is 1.32 bits per heavy atom. The van der Waals surface area contributed by atoms with Gasteiger partial charge in [-0.15, -0.1) is 0 Å². The van der Waals surface area contributed by atoms with Crippen molar-refractivity contribution in [2.24, 2.45) is 5.92 Å². The summed E-state index contributed by atoms with van der Waals surface area (Å²) in [5.74, 6) is -1.13. The maximum Gasteiger partial charge on any atom is 0.306 e. The summed E-state index contributed by atoms with van der Waals surface area (Å²) in [6.07, 6.45) is 2.25. The normalized spacial score (nSPS) is 22.2. The van der Waals surface area contributed by atoms with Gasteiger partial charge in [-0.3, -0.25) is 9.59 Å². The van der Waals surface area contributed by atoms with Crippen LogP contribution in [0.5, 0.6) is 0 Å². The summed E-state index contributed by atoms with van der Waals surface area (Å²) < 4.78 is 0.917. The molecule has 0 radical (unpaired) electrons. The van der Waals surface area contributed by atoms with Crippen LogP contribution in [0.4, 0.5) is 0 Å². The van der Waals surface area contributed by atoms with Crippen LogP contribution in [0.25, 0.3) is 0 Å². The molecule has 0 aliphatic heterocycles. The van der Waals surface area contributed by atoms with E-state index >= 15 is 0 Å².